The number of nitrogens with one attached hydrogen (secondary N) is 1. The fourth-order valence-corrected chi connectivity index (χ4v) is 3.11. The number of nitrogens with two attached hydrogens (primary N) is 1. The van der Waals surface area contributed by atoms with Crippen molar-refractivity contribution in [3.63, 3.8) is 0 Å². The maximum atomic E-state index is 13.2. The summed E-state index contributed by atoms with van der Waals surface area (Å²) in [6.07, 6.45) is 4.32. The highest BCUT2D eigenvalue weighted by Crippen LogP contribution is 2.21. The molecule has 0 saturated heterocycles. The third kappa shape index (κ3) is 5.02. The Labute approximate surface area is 129 Å². The van der Waals surface area contributed by atoms with Gasteiger partial charge >= 0.3 is 0 Å². The SMILES string of the molecule is CCNC(CSc1cccc(F)c1)Cc1cnccc1N. The van der Waals surface area contributed by atoms with E-state index < -0.39 is 0 Å². The molecule has 0 spiro atoms. The van der Waals surface area contributed by atoms with Crippen LogP contribution in [0.15, 0.2) is 47.6 Å². The van der Waals surface area contributed by atoms with E-state index in [4.69, 9.17) is 5.73 Å². The van der Waals surface area contributed by atoms with E-state index in [1.165, 1.54) is 6.07 Å². The lowest BCUT2D eigenvalue weighted by Gasteiger charge is -2.18. The van der Waals surface area contributed by atoms with Crippen LogP contribution in [0.2, 0.25) is 0 Å². The van der Waals surface area contributed by atoms with Gasteiger partial charge in [-0.25, -0.2) is 4.39 Å². The molecule has 0 aliphatic carbocycles. The molecule has 1 aromatic heterocycles. The number of thioether (sulfide) groups is 1. The van der Waals surface area contributed by atoms with Gasteiger partial charge < -0.3 is 11.1 Å². The molecule has 0 amide bonds. The minimum atomic E-state index is -0.198. The largest absolute Gasteiger partial charge is 0.398 e. The number of pyridine rings is 1. The van der Waals surface area contributed by atoms with E-state index in [9.17, 15) is 4.39 Å². The first kappa shape index (κ1) is 15.8. The predicted octanol–water partition coefficient (Wildman–Crippen LogP) is 3.12. The van der Waals surface area contributed by atoms with Crippen LogP contribution in [0, 0.1) is 5.82 Å². The van der Waals surface area contributed by atoms with Crippen LogP contribution in [0.4, 0.5) is 10.1 Å². The summed E-state index contributed by atoms with van der Waals surface area (Å²) in [5, 5.41) is 3.45. The highest BCUT2D eigenvalue weighted by Gasteiger charge is 2.11. The van der Waals surface area contributed by atoms with Crippen molar-refractivity contribution in [1.29, 1.82) is 0 Å². The number of hydrogen-bond donors (Lipinski definition) is 2. The Morgan fingerprint density at radius 3 is 2.95 bits per heavy atom. The van der Waals surface area contributed by atoms with Gasteiger partial charge in [-0.05, 0) is 42.8 Å². The average molecular weight is 305 g/mol. The second-order valence-corrected chi connectivity index (χ2v) is 5.90. The molecular weight excluding hydrogens is 285 g/mol. The molecule has 0 aliphatic heterocycles. The summed E-state index contributed by atoms with van der Waals surface area (Å²) in [4.78, 5) is 5.07. The maximum Gasteiger partial charge on any atom is 0.124 e. The van der Waals surface area contributed by atoms with Crippen molar-refractivity contribution in [1.82, 2.24) is 10.3 Å². The van der Waals surface area contributed by atoms with Gasteiger partial charge in [0.25, 0.3) is 0 Å². The number of nitrogen functional groups attached to an aromatic ring is 1. The van der Waals surface area contributed by atoms with Crippen LogP contribution >= 0.6 is 11.8 Å². The van der Waals surface area contributed by atoms with E-state index in [-0.39, 0.29) is 11.9 Å². The summed E-state index contributed by atoms with van der Waals surface area (Å²) in [7, 11) is 0. The lowest BCUT2D eigenvalue weighted by Crippen LogP contribution is -2.33. The van der Waals surface area contributed by atoms with Crippen molar-refractivity contribution in [3.8, 4) is 0 Å². The van der Waals surface area contributed by atoms with E-state index >= 15 is 0 Å². The number of benzene rings is 1. The van der Waals surface area contributed by atoms with Gasteiger partial charge in [0, 0.05) is 34.8 Å². The molecule has 1 unspecified atom stereocenters. The molecule has 5 heteroatoms. The first-order valence-corrected chi connectivity index (χ1v) is 7.97. The van der Waals surface area contributed by atoms with Crippen LogP contribution in [0.3, 0.4) is 0 Å². The molecule has 0 aliphatic rings. The molecule has 3 N–H and O–H groups in total. The highest BCUT2D eigenvalue weighted by atomic mass is 32.2. The van der Waals surface area contributed by atoms with Crippen molar-refractivity contribution in [3.05, 3.63) is 54.1 Å². The lowest BCUT2D eigenvalue weighted by molar-refractivity contribution is 0.572. The molecule has 3 nitrogen and oxygen atoms in total. The molecule has 0 radical (unpaired) electrons. The van der Waals surface area contributed by atoms with Crippen molar-refractivity contribution in [2.24, 2.45) is 0 Å². The summed E-state index contributed by atoms with van der Waals surface area (Å²) in [6.45, 7) is 2.96. The van der Waals surface area contributed by atoms with Crippen molar-refractivity contribution >= 4 is 17.4 Å². The van der Waals surface area contributed by atoms with E-state index in [1.807, 2.05) is 18.3 Å². The average Bonchev–Trinajstić information content (AvgIpc) is 2.47. The molecule has 1 atom stereocenters. The maximum absolute atomic E-state index is 13.2. The van der Waals surface area contributed by atoms with Gasteiger partial charge in [0.2, 0.25) is 0 Å². The van der Waals surface area contributed by atoms with E-state index in [1.54, 1.807) is 30.1 Å². The number of hydrogen-bond acceptors (Lipinski definition) is 4. The number of halogens is 1. The number of nitrogens with zero attached hydrogens (tertiary/aromatic N) is 1. The summed E-state index contributed by atoms with van der Waals surface area (Å²) >= 11 is 1.64. The second kappa shape index (κ2) is 8.00. The van der Waals surface area contributed by atoms with Crippen molar-refractivity contribution in [2.45, 2.75) is 24.3 Å². The second-order valence-electron chi connectivity index (χ2n) is 4.80. The summed E-state index contributed by atoms with van der Waals surface area (Å²) in [6, 6.07) is 8.77. The molecule has 21 heavy (non-hydrogen) atoms. The number of aromatic nitrogens is 1. The fraction of sp³-hybridized carbons (Fsp3) is 0.312. The smallest absolute Gasteiger partial charge is 0.124 e. The van der Waals surface area contributed by atoms with Gasteiger partial charge in [-0.3, -0.25) is 4.98 Å². The molecule has 2 rings (SSSR count). The van der Waals surface area contributed by atoms with Crippen molar-refractivity contribution in [2.75, 3.05) is 18.0 Å². The highest BCUT2D eigenvalue weighted by molar-refractivity contribution is 7.99. The molecular formula is C16H20FN3S. The Kier molecular flexibility index (Phi) is 6.02. The summed E-state index contributed by atoms with van der Waals surface area (Å²) in [5.41, 5.74) is 7.78. The van der Waals surface area contributed by atoms with Gasteiger partial charge in [0.15, 0.2) is 0 Å². The van der Waals surface area contributed by atoms with Crippen LogP contribution in [0.1, 0.15) is 12.5 Å². The van der Waals surface area contributed by atoms with Gasteiger partial charge in [-0.2, -0.15) is 0 Å². The Morgan fingerprint density at radius 1 is 1.38 bits per heavy atom. The minimum absolute atomic E-state index is 0.198. The van der Waals surface area contributed by atoms with Gasteiger partial charge in [0.1, 0.15) is 5.82 Å². The van der Waals surface area contributed by atoms with Crippen LogP contribution in [-0.2, 0) is 6.42 Å². The van der Waals surface area contributed by atoms with Crippen LogP contribution < -0.4 is 11.1 Å². The van der Waals surface area contributed by atoms with Gasteiger partial charge in [-0.15, -0.1) is 11.8 Å². The van der Waals surface area contributed by atoms with Crippen LogP contribution in [0.25, 0.3) is 0 Å². The summed E-state index contributed by atoms with van der Waals surface area (Å²) in [5.74, 6) is 0.655. The van der Waals surface area contributed by atoms with E-state index in [2.05, 4.69) is 17.2 Å². The van der Waals surface area contributed by atoms with Gasteiger partial charge in [-0.1, -0.05) is 13.0 Å². The van der Waals surface area contributed by atoms with E-state index in [0.29, 0.717) is 0 Å². The Morgan fingerprint density at radius 2 is 2.24 bits per heavy atom. The zero-order chi connectivity index (χ0) is 15.1. The number of likely N-dealkylation sites (N-methyl/N-ethyl adjacent to an activating group) is 1. The lowest BCUT2D eigenvalue weighted by atomic mass is 10.1. The Bertz CT molecular complexity index is 577. The normalized spacial score (nSPS) is 12.3. The first-order chi connectivity index (χ1) is 10.2. The van der Waals surface area contributed by atoms with Gasteiger partial charge in [0.05, 0.1) is 0 Å². The quantitative estimate of drug-likeness (QED) is 0.772. The topological polar surface area (TPSA) is 50.9 Å². The summed E-state index contributed by atoms with van der Waals surface area (Å²) < 4.78 is 13.2. The monoisotopic (exact) mass is 305 g/mol. The molecule has 2 aromatic rings. The zero-order valence-electron chi connectivity index (χ0n) is 12.1. The predicted molar refractivity (Wildman–Crippen MR) is 86.9 cm³/mol. The third-order valence-corrected chi connectivity index (χ3v) is 4.30. The Hall–Kier alpha value is -1.59. The van der Waals surface area contributed by atoms with Crippen molar-refractivity contribution < 1.29 is 4.39 Å². The molecule has 1 heterocycles. The van der Waals surface area contributed by atoms with Crippen LogP contribution in [-0.4, -0.2) is 23.3 Å². The molecule has 0 fully saturated rings. The number of rotatable bonds is 7. The molecule has 112 valence electrons. The zero-order valence-corrected chi connectivity index (χ0v) is 12.9. The van der Waals surface area contributed by atoms with E-state index in [0.717, 1.165) is 34.9 Å². The third-order valence-electron chi connectivity index (χ3n) is 3.15. The molecule has 1 aromatic carbocycles. The first-order valence-electron chi connectivity index (χ1n) is 6.99. The molecule has 0 saturated carbocycles. The number of anilines is 1. The van der Waals surface area contributed by atoms with Crippen LogP contribution in [0.5, 0.6) is 0 Å². The minimum Gasteiger partial charge on any atom is -0.398 e. The Balaban J connectivity index is 1.97. The molecule has 0 bridgehead atoms. The standard InChI is InChI=1S/C16H20FN3S/c1-2-20-14(8-12-10-19-7-6-16(12)18)11-21-15-5-3-4-13(17)9-15/h3-7,9-10,14,20H,2,8,11H2,1H3,(H2,18,19). The fourth-order valence-electron chi connectivity index (χ4n) is 2.11.